The Morgan fingerprint density at radius 1 is 1.04 bits per heavy atom. The number of hydrogen-bond acceptors (Lipinski definition) is 8. The molecule has 0 spiro atoms. The second-order valence-corrected chi connectivity index (χ2v) is 7.14. The predicted octanol–water partition coefficient (Wildman–Crippen LogP) is 3.96. The van der Waals surface area contributed by atoms with Gasteiger partial charge in [0.05, 0.1) is 23.1 Å². The summed E-state index contributed by atoms with van der Waals surface area (Å²) in [6, 6.07) is 17.3. The molecule has 2 aromatic carbocycles. The van der Waals surface area contributed by atoms with Gasteiger partial charge in [0.25, 0.3) is 11.1 Å². The Kier molecular flexibility index (Phi) is 5.34. The van der Waals surface area contributed by atoms with E-state index in [1.807, 2.05) is 68.4 Å². The van der Waals surface area contributed by atoms with Crippen LogP contribution < -0.4 is 4.74 Å². The van der Waals surface area contributed by atoms with E-state index >= 15 is 0 Å². The van der Waals surface area contributed by atoms with Crippen LogP contribution in [0.15, 0.2) is 64.2 Å². The molecule has 2 aromatic heterocycles. The Bertz CT molecular complexity index is 1050. The molecular formula is C19H18N6O2S. The Hall–Kier alpha value is -3.20. The van der Waals surface area contributed by atoms with Crippen molar-refractivity contribution >= 4 is 11.8 Å². The molecule has 0 amide bonds. The molecule has 4 rings (SSSR count). The molecule has 0 radical (unpaired) electrons. The highest BCUT2D eigenvalue weighted by Crippen LogP contribution is 2.36. The van der Waals surface area contributed by atoms with E-state index in [4.69, 9.17) is 9.15 Å². The first-order valence-corrected chi connectivity index (χ1v) is 9.70. The minimum Gasteiger partial charge on any atom is -0.493 e. The van der Waals surface area contributed by atoms with Gasteiger partial charge in [-0.25, -0.2) is 0 Å². The summed E-state index contributed by atoms with van der Waals surface area (Å²) in [5.41, 5.74) is 1.66. The number of nitrogens with zero attached hydrogens (tertiary/aromatic N) is 6. The predicted molar refractivity (Wildman–Crippen MR) is 104 cm³/mol. The van der Waals surface area contributed by atoms with Crippen LogP contribution in [0.4, 0.5) is 0 Å². The minimum atomic E-state index is -0.0920. The first kappa shape index (κ1) is 18.2. The molecule has 1 atom stereocenters. The first-order valence-electron chi connectivity index (χ1n) is 8.82. The van der Waals surface area contributed by atoms with Crippen molar-refractivity contribution < 1.29 is 9.15 Å². The van der Waals surface area contributed by atoms with E-state index in [0.29, 0.717) is 29.3 Å². The van der Waals surface area contributed by atoms with Gasteiger partial charge in [-0.05, 0) is 48.5 Å². The maximum atomic E-state index is 5.85. The summed E-state index contributed by atoms with van der Waals surface area (Å²) in [4.78, 5) is 0. The Labute approximate surface area is 165 Å². The molecular weight excluding hydrogens is 376 g/mol. The number of thioether (sulfide) groups is 1. The third-order valence-electron chi connectivity index (χ3n) is 3.96. The number of para-hydroxylation sites is 2. The normalized spacial score (nSPS) is 12.1. The third kappa shape index (κ3) is 3.74. The first-order chi connectivity index (χ1) is 13.8. The molecule has 0 N–H and O–H groups in total. The summed E-state index contributed by atoms with van der Waals surface area (Å²) in [5.74, 6) is 1.83. The molecule has 9 heteroatoms. The maximum absolute atomic E-state index is 5.85. The van der Waals surface area contributed by atoms with Crippen molar-refractivity contribution in [3.8, 4) is 22.9 Å². The molecule has 0 aliphatic carbocycles. The highest BCUT2D eigenvalue weighted by Gasteiger charge is 2.21. The quantitative estimate of drug-likeness (QED) is 0.435. The highest BCUT2D eigenvalue weighted by molar-refractivity contribution is 7.99. The number of tetrazole rings is 1. The number of hydrogen-bond donors (Lipinski definition) is 0. The van der Waals surface area contributed by atoms with Gasteiger partial charge in [0.2, 0.25) is 0 Å². The van der Waals surface area contributed by atoms with Gasteiger partial charge in [0.1, 0.15) is 5.75 Å². The van der Waals surface area contributed by atoms with Gasteiger partial charge in [-0.15, -0.1) is 15.3 Å². The van der Waals surface area contributed by atoms with Gasteiger partial charge < -0.3 is 9.15 Å². The zero-order valence-electron chi connectivity index (χ0n) is 15.4. The number of benzene rings is 2. The van der Waals surface area contributed by atoms with Crippen LogP contribution in [0.1, 0.15) is 24.9 Å². The summed E-state index contributed by atoms with van der Waals surface area (Å²) in [6.45, 7) is 4.49. The van der Waals surface area contributed by atoms with Crippen LogP contribution in [-0.4, -0.2) is 37.0 Å². The lowest BCUT2D eigenvalue weighted by Gasteiger charge is -2.09. The fourth-order valence-corrected chi connectivity index (χ4v) is 3.47. The minimum absolute atomic E-state index is 0.0920. The van der Waals surface area contributed by atoms with Crippen LogP contribution in [-0.2, 0) is 0 Å². The van der Waals surface area contributed by atoms with Gasteiger partial charge in [-0.2, -0.15) is 4.68 Å². The zero-order chi connectivity index (χ0) is 19.3. The van der Waals surface area contributed by atoms with E-state index in [1.54, 1.807) is 4.68 Å². The Balaban J connectivity index is 1.55. The standard InChI is InChI=1S/C19H18N6O2S/c1-3-26-16-12-8-7-11-15(16)18-21-22-19(27-18)28-13(2)17-20-23-24-25(17)14-9-5-4-6-10-14/h4-13H,3H2,1-2H3. The van der Waals surface area contributed by atoms with E-state index in [-0.39, 0.29) is 5.25 Å². The average Bonchev–Trinajstić information content (AvgIpc) is 3.39. The lowest BCUT2D eigenvalue weighted by molar-refractivity contribution is 0.340. The molecule has 4 aromatic rings. The summed E-state index contributed by atoms with van der Waals surface area (Å²) < 4.78 is 13.2. The molecule has 0 saturated carbocycles. The lowest BCUT2D eigenvalue weighted by Crippen LogP contribution is -2.04. The highest BCUT2D eigenvalue weighted by atomic mass is 32.2. The van der Waals surface area contributed by atoms with Crippen LogP contribution in [0.5, 0.6) is 5.75 Å². The molecule has 142 valence electrons. The van der Waals surface area contributed by atoms with E-state index in [0.717, 1.165) is 11.3 Å². The molecule has 28 heavy (non-hydrogen) atoms. The van der Waals surface area contributed by atoms with Crippen LogP contribution in [0.3, 0.4) is 0 Å². The van der Waals surface area contributed by atoms with E-state index in [9.17, 15) is 0 Å². The van der Waals surface area contributed by atoms with E-state index in [2.05, 4.69) is 25.7 Å². The Morgan fingerprint density at radius 3 is 2.64 bits per heavy atom. The fraction of sp³-hybridized carbons (Fsp3) is 0.211. The molecule has 0 aliphatic rings. The molecule has 0 fully saturated rings. The van der Waals surface area contributed by atoms with Gasteiger partial charge in [0.15, 0.2) is 5.82 Å². The molecule has 2 heterocycles. The van der Waals surface area contributed by atoms with Gasteiger partial charge in [-0.3, -0.25) is 0 Å². The summed E-state index contributed by atoms with van der Waals surface area (Å²) in [5, 5.41) is 20.7. The van der Waals surface area contributed by atoms with Crippen LogP contribution >= 0.6 is 11.8 Å². The molecule has 0 aliphatic heterocycles. The molecule has 0 saturated heterocycles. The van der Waals surface area contributed by atoms with Gasteiger partial charge in [-0.1, -0.05) is 42.1 Å². The van der Waals surface area contributed by atoms with Crippen LogP contribution in [0.25, 0.3) is 17.1 Å². The third-order valence-corrected chi connectivity index (χ3v) is 4.89. The molecule has 0 bridgehead atoms. The molecule has 1 unspecified atom stereocenters. The van der Waals surface area contributed by atoms with E-state index < -0.39 is 0 Å². The van der Waals surface area contributed by atoms with Crippen molar-refractivity contribution in [2.24, 2.45) is 0 Å². The second kappa shape index (κ2) is 8.22. The Morgan fingerprint density at radius 2 is 1.82 bits per heavy atom. The summed E-state index contributed by atoms with van der Waals surface area (Å²) in [6.07, 6.45) is 0. The van der Waals surface area contributed by atoms with E-state index in [1.165, 1.54) is 11.8 Å². The second-order valence-electron chi connectivity index (χ2n) is 5.85. The van der Waals surface area contributed by atoms with Crippen molar-refractivity contribution in [3.63, 3.8) is 0 Å². The van der Waals surface area contributed by atoms with Crippen molar-refractivity contribution in [1.29, 1.82) is 0 Å². The van der Waals surface area contributed by atoms with Crippen molar-refractivity contribution in [1.82, 2.24) is 30.4 Å². The van der Waals surface area contributed by atoms with Crippen molar-refractivity contribution in [2.45, 2.75) is 24.3 Å². The molecule has 8 nitrogen and oxygen atoms in total. The largest absolute Gasteiger partial charge is 0.493 e. The van der Waals surface area contributed by atoms with Crippen LogP contribution in [0, 0.1) is 0 Å². The maximum Gasteiger partial charge on any atom is 0.277 e. The number of aromatic nitrogens is 6. The lowest BCUT2D eigenvalue weighted by atomic mass is 10.2. The fourth-order valence-electron chi connectivity index (χ4n) is 2.70. The summed E-state index contributed by atoms with van der Waals surface area (Å²) >= 11 is 1.40. The number of ether oxygens (including phenoxy) is 1. The smallest absolute Gasteiger partial charge is 0.277 e. The van der Waals surface area contributed by atoms with Crippen LogP contribution in [0.2, 0.25) is 0 Å². The SMILES string of the molecule is CCOc1ccccc1-c1nnc(SC(C)c2nnnn2-c2ccccc2)o1. The zero-order valence-corrected chi connectivity index (χ0v) is 16.2. The monoisotopic (exact) mass is 394 g/mol. The van der Waals surface area contributed by atoms with Crippen molar-refractivity contribution in [2.75, 3.05) is 6.61 Å². The number of rotatable bonds is 7. The topological polar surface area (TPSA) is 91.8 Å². The van der Waals surface area contributed by atoms with Crippen molar-refractivity contribution in [3.05, 3.63) is 60.4 Å². The average molecular weight is 394 g/mol. The van der Waals surface area contributed by atoms with Gasteiger partial charge >= 0.3 is 0 Å². The summed E-state index contributed by atoms with van der Waals surface area (Å²) in [7, 11) is 0. The van der Waals surface area contributed by atoms with Gasteiger partial charge in [0, 0.05) is 0 Å².